The third-order valence-electron chi connectivity index (χ3n) is 3.32. The van der Waals surface area contributed by atoms with Gasteiger partial charge in [0.15, 0.2) is 0 Å². The average Bonchev–Trinajstić information content (AvgIpc) is 2.82. The smallest absolute Gasteiger partial charge is 0.119 e. The molecule has 0 radical (unpaired) electrons. The van der Waals surface area contributed by atoms with Gasteiger partial charge < -0.3 is 10.1 Å². The summed E-state index contributed by atoms with van der Waals surface area (Å²) in [5, 5.41) is 3.54. The maximum absolute atomic E-state index is 5.73. The van der Waals surface area contributed by atoms with Crippen LogP contribution in [0.1, 0.15) is 12.0 Å². The maximum atomic E-state index is 5.73. The molecule has 1 N–H and O–H groups in total. The van der Waals surface area contributed by atoms with Gasteiger partial charge in [-0.1, -0.05) is 36.4 Å². The molecule has 18 heavy (non-hydrogen) atoms. The number of hydrogen-bond acceptors (Lipinski definition) is 2. The molecule has 2 aromatic rings. The zero-order valence-corrected chi connectivity index (χ0v) is 10.3. The number of nitrogens with one attached hydrogen (secondary N) is 1. The lowest BCUT2D eigenvalue weighted by Crippen LogP contribution is -2.18. The fraction of sp³-hybridized carbons (Fsp3) is 0.250. The minimum atomic E-state index is 0.506. The molecule has 0 spiro atoms. The molecule has 1 aliphatic rings. The Morgan fingerprint density at radius 1 is 1.00 bits per heavy atom. The molecule has 1 heterocycles. The van der Waals surface area contributed by atoms with Crippen LogP contribution in [0.25, 0.3) is 0 Å². The predicted molar refractivity (Wildman–Crippen MR) is 74.1 cm³/mol. The minimum Gasteiger partial charge on any atom is -0.494 e. The predicted octanol–water partition coefficient (Wildman–Crippen LogP) is 3.49. The molecule has 0 aliphatic carbocycles. The first kappa shape index (κ1) is 11.1. The Balaban J connectivity index is 1.49. The third-order valence-corrected chi connectivity index (χ3v) is 3.32. The van der Waals surface area contributed by atoms with Crippen LogP contribution in [0.4, 0.5) is 5.69 Å². The standard InChI is InChI=1S/C16H17NO/c1-2-7-15(8-3-1)18-11-10-14-12-13-6-4-5-9-16(13)17-14/h1-9,14,17H,10-12H2. The van der Waals surface area contributed by atoms with E-state index in [0.717, 1.165) is 25.2 Å². The van der Waals surface area contributed by atoms with Gasteiger partial charge in [-0.25, -0.2) is 0 Å². The number of para-hydroxylation sites is 2. The molecule has 92 valence electrons. The Morgan fingerprint density at radius 2 is 1.78 bits per heavy atom. The van der Waals surface area contributed by atoms with E-state index in [-0.39, 0.29) is 0 Å². The van der Waals surface area contributed by atoms with Crippen molar-refractivity contribution in [3.63, 3.8) is 0 Å². The van der Waals surface area contributed by atoms with Gasteiger partial charge in [0.25, 0.3) is 0 Å². The molecule has 0 bridgehead atoms. The van der Waals surface area contributed by atoms with Crippen LogP contribution in [-0.2, 0) is 6.42 Å². The first-order valence-corrected chi connectivity index (χ1v) is 6.44. The summed E-state index contributed by atoms with van der Waals surface area (Å²) in [7, 11) is 0. The molecule has 2 heteroatoms. The van der Waals surface area contributed by atoms with E-state index in [2.05, 4.69) is 29.6 Å². The summed E-state index contributed by atoms with van der Waals surface area (Å²) < 4.78 is 5.73. The first-order chi connectivity index (χ1) is 8.92. The van der Waals surface area contributed by atoms with Crippen LogP contribution >= 0.6 is 0 Å². The number of hydrogen-bond donors (Lipinski definition) is 1. The van der Waals surface area contributed by atoms with Crippen molar-refractivity contribution in [2.45, 2.75) is 18.9 Å². The molecule has 1 unspecified atom stereocenters. The fourth-order valence-corrected chi connectivity index (χ4v) is 2.39. The van der Waals surface area contributed by atoms with Crippen molar-refractivity contribution in [3.8, 4) is 5.75 Å². The lowest BCUT2D eigenvalue weighted by Gasteiger charge is -2.12. The van der Waals surface area contributed by atoms with E-state index in [0.29, 0.717) is 6.04 Å². The summed E-state index contributed by atoms with van der Waals surface area (Å²) in [5.74, 6) is 0.952. The number of benzene rings is 2. The van der Waals surface area contributed by atoms with E-state index in [1.165, 1.54) is 11.3 Å². The Kier molecular flexibility index (Phi) is 3.18. The van der Waals surface area contributed by atoms with Crippen LogP contribution in [0.3, 0.4) is 0 Å². The van der Waals surface area contributed by atoms with Crippen molar-refractivity contribution in [2.75, 3.05) is 11.9 Å². The van der Waals surface area contributed by atoms with E-state index in [1.807, 2.05) is 30.3 Å². The number of ether oxygens (including phenoxy) is 1. The SMILES string of the molecule is c1ccc(OCCC2Cc3ccccc3N2)cc1. The molecule has 3 rings (SSSR count). The van der Waals surface area contributed by atoms with Crippen molar-refractivity contribution >= 4 is 5.69 Å². The van der Waals surface area contributed by atoms with E-state index in [1.54, 1.807) is 0 Å². The normalized spacial score (nSPS) is 17.0. The average molecular weight is 239 g/mol. The summed E-state index contributed by atoms with van der Waals surface area (Å²) in [6, 6.07) is 19.0. The maximum Gasteiger partial charge on any atom is 0.119 e. The van der Waals surface area contributed by atoms with E-state index in [4.69, 9.17) is 4.74 Å². The highest BCUT2D eigenvalue weighted by molar-refractivity contribution is 5.56. The zero-order chi connectivity index (χ0) is 12.2. The lowest BCUT2D eigenvalue weighted by atomic mass is 10.1. The lowest BCUT2D eigenvalue weighted by molar-refractivity contribution is 0.302. The Bertz CT molecular complexity index is 485. The molecule has 0 fully saturated rings. The Labute approximate surface area is 108 Å². The van der Waals surface area contributed by atoms with Crippen LogP contribution in [0.15, 0.2) is 54.6 Å². The second kappa shape index (κ2) is 5.13. The van der Waals surface area contributed by atoms with Gasteiger partial charge >= 0.3 is 0 Å². The molecule has 0 saturated heterocycles. The van der Waals surface area contributed by atoms with Gasteiger partial charge in [-0.2, -0.15) is 0 Å². The third kappa shape index (κ3) is 2.48. The van der Waals surface area contributed by atoms with Gasteiger partial charge in [0, 0.05) is 18.2 Å². The minimum absolute atomic E-state index is 0.506. The highest BCUT2D eigenvalue weighted by atomic mass is 16.5. The molecule has 0 aromatic heterocycles. The summed E-state index contributed by atoms with van der Waals surface area (Å²) in [6.45, 7) is 0.760. The van der Waals surface area contributed by atoms with Crippen molar-refractivity contribution in [1.82, 2.24) is 0 Å². The fourth-order valence-electron chi connectivity index (χ4n) is 2.39. The van der Waals surface area contributed by atoms with Crippen molar-refractivity contribution < 1.29 is 4.74 Å². The van der Waals surface area contributed by atoms with Gasteiger partial charge in [0.2, 0.25) is 0 Å². The number of anilines is 1. The number of rotatable bonds is 4. The number of fused-ring (bicyclic) bond motifs is 1. The summed E-state index contributed by atoms with van der Waals surface area (Å²) in [5.41, 5.74) is 2.70. The van der Waals surface area contributed by atoms with Crippen LogP contribution in [0.5, 0.6) is 5.75 Å². The summed E-state index contributed by atoms with van der Waals surface area (Å²) in [6.07, 6.45) is 2.14. The highest BCUT2D eigenvalue weighted by Crippen LogP contribution is 2.26. The first-order valence-electron chi connectivity index (χ1n) is 6.44. The van der Waals surface area contributed by atoms with Crippen LogP contribution in [-0.4, -0.2) is 12.6 Å². The molecule has 2 aromatic carbocycles. The zero-order valence-electron chi connectivity index (χ0n) is 10.3. The summed E-state index contributed by atoms with van der Waals surface area (Å²) in [4.78, 5) is 0. The quantitative estimate of drug-likeness (QED) is 0.881. The molecule has 1 aliphatic heterocycles. The van der Waals surface area contributed by atoms with Crippen molar-refractivity contribution in [1.29, 1.82) is 0 Å². The van der Waals surface area contributed by atoms with E-state index < -0.39 is 0 Å². The molecular formula is C16H17NO. The molecular weight excluding hydrogens is 222 g/mol. The van der Waals surface area contributed by atoms with Crippen LogP contribution in [0, 0.1) is 0 Å². The molecule has 0 amide bonds. The van der Waals surface area contributed by atoms with Crippen LogP contribution < -0.4 is 10.1 Å². The van der Waals surface area contributed by atoms with Gasteiger partial charge in [-0.05, 0) is 30.2 Å². The highest BCUT2D eigenvalue weighted by Gasteiger charge is 2.19. The van der Waals surface area contributed by atoms with E-state index in [9.17, 15) is 0 Å². The molecule has 1 atom stereocenters. The van der Waals surface area contributed by atoms with Crippen LogP contribution in [0.2, 0.25) is 0 Å². The molecule has 2 nitrogen and oxygen atoms in total. The van der Waals surface area contributed by atoms with E-state index >= 15 is 0 Å². The van der Waals surface area contributed by atoms with Gasteiger partial charge in [0.1, 0.15) is 5.75 Å². The van der Waals surface area contributed by atoms with Crippen molar-refractivity contribution in [2.24, 2.45) is 0 Å². The Morgan fingerprint density at radius 3 is 2.61 bits per heavy atom. The second-order valence-electron chi connectivity index (χ2n) is 4.65. The van der Waals surface area contributed by atoms with Gasteiger partial charge in [0.05, 0.1) is 6.61 Å². The Hall–Kier alpha value is -1.96. The second-order valence-corrected chi connectivity index (χ2v) is 4.65. The molecule has 0 saturated carbocycles. The largest absolute Gasteiger partial charge is 0.494 e. The van der Waals surface area contributed by atoms with Crippen molar-refractivity contribution in [3.05, 3.63) is 60.2 Å². The summed E-state index contributed by atoms with van der Waals surface area (Å²) >= 11 is 0. The monoisotopic (exact) mass is 239 g/mol. The topological polar surface area (TPSA) is 21.3 Å². The van der Waals surface area contributed by atoms with Gasteiger partial charge in [-0.3, -0.25) is 0 Å². The van der Waals surface area contributed by atoms with Gasteiger partial charge in [-0.15, -0.1) is 0 Å².